The summed E-state index contributed by atoms with van der Waals surface area (Å²) >= 11 is 0. The lowest BCUT2D eigenvalue weighted by Gasteiger charge is -2.30. The van der Waals surface area contributed by atoms with Crippen molar-refractivity contribution < 1.29 is 57.5 Å². The lowest BCUT2D eigenvalue weighted by atomic mass is 9.98. The van der Waals surface area contributed by atoms with Crippen LogP contribution in [0.15, 0.2) is 54.6 Å². The van der Waals surface area contributed by atoms with Crippen LogP contribution < -0.4 is 14.8 Å². The van der Waals surface area contributed by atoms with E-state index in [1.165, 1.54) is 57.5 Å². The second-order valence-electron chi connectivity index (χ2n) is 11.8. The van der Waals surface area contributed by atoms with Gasteiger partial charge in [-0.3, -0.25) is 19.2 Å². The second-order valence-corrected chi connectivity index (χ2v) is 11.8. The van der Waals surface area contributed by atoms with E-state index in [1.54, 1.807) is 18.2 Å². The Balaban J connectivity index is 1.50. The van der Waals surface area contributed by atoms with Crippen molar-refractivity contribution in [3.05, 3.63) is 93.5 Å². The highest BCUT2D eigenvalue weighted by Crippen LogP contribution is 2.27. The number of nitrogens with one attached hydrogen (secondary N) is 1. The molecule has 2 atom stereocenters. The predicted molar refractivity (Wildman–Crippen MR) is 176 cm³/mol. The quantitative estimate of drug-likeness (QED) is 0.146. The fraction of sp³-hybridized carbons (Fsp3) is 0.361. The summed E-state index contributed by atoms with van der Waals surface area (Å²) in [4.78, 5) is 70.4. The first-order valence-corrected chi connectivity index (χ1v) is 15.7. The van der Waals surface area contributed by atoms with Crippen molar-refractivity contribution in [1.82, 2.24) is 5.32 Å². The smallest absolute Gasteiger partial charge is 0.467 e. The maximum atomic E-state index is 13.4. The Labute approximate surface area is 284 Å². The molecule has 2 amide bonds. The first kappa shape index (κ1) is 36.7. The molecule has 4 rings (SSSR count). The van der Waals surface area contributed by atoms with Gasteiger partial charge in [-0.15, -0.1) is 0 Å². The second kappa shape index (κ2) is 16.3. The lowest BCUT2D eigenvalue weighted by Crippen LogP contribution is -2.58. The molecule has 0 radical (unpaired) electrons. The highest BCUT2D eigenvalue weighted by molar-refractivity contribution is 6.12. The highest BCUT2D eigenvalue weighted by atomic mass is 16.8. The summed E-state index contributed by atoms with van der Waals surface area (Å²) in [6.45, 7) is 4.78. The van der Waals surface area contributed by atoms with Crippen LogP contribution in [0.1, 0.15) is 84.3 Å². The summed E-state index contributed by atoms with van der Waals surface area (Å²) in [7, 11) is 2.95. The Morgan fingerprint density at radius 1 is 0.816 bits per heavy atom. The van der Waals surface area contributed by atoms with Crippen molar-refractivity contribution in [3.63, 3.8) is 0 Å². The molecule has 49 heavy (non-hydrogen) atoms. The Bertz CT molecular complexity index is 1700. The van der Waals surface area contributed by atoms with Crippen LogP contribution in [-0.2, 0) is 14.3 Å². The number of hydroxylamine groups is 3. The monoisotopic (exact) mass is 677 g/mol. The van der Waals surface area contributed by atoms with Gasteiger partial charge >= 0.3 is 12.1 Å². The standard InChI is InChI=1S/C36H40N2O11/c1-22-16-28(17-23(2)33(22)48-21-46-5)34(41)37-29-8-6-7-15-38(19-29,36(43)44)49-35(42)26-11-9-25(10-12-26)32(40)30-18-27(24(3)39)13-14-31(30)47-20-45-4/h9-14,16-18,29H,6-8,15,19-21H2,1-5H3,(H-,37,41,43,44)/p+1. The van der Waals surface area contributed by atoms with E-state index in [0.717, 1.165) is 11.1 Å². The number of quaternary nitrogens is 1. The van der Waals surface area contributed by atoms with Gasteiger partial charge in [0.2, 0.25) is 0 Å². The molecule has 0 aliphatic carbocycles. The van der Waals surface area contributed by atoms with Crippen LogP contribution in [0.2, 0.25) is 0 Å². The number of Topliss-reactive ketones (excluding diaryl/α,β-unsaturated/α-hetero) is 1. The molecule has 3 aromatic carbocycles. The van der Waals surface area contributed by atoms with Gasteiger partial charge in [0.1, 0.15) is 18.0 Å². The summed E-state index contributed by atoms with van der Waals surface area (Å²) in [6, 6.07) is 12.8. The number of carbonyl (C=O) groups excluding carboxylic acids is 4. The third-order valence-electron chi connectivity index (χ3n) is 8.17. The van der Waals surface area contributed by atoms with Gasteiger partial charge in [0.05, 0.1) is 17.2 Å². The number of rotatable bonds is 12. The molecule has 2 unspecified atom stereocenters. The van der Waals surface area contributed by atoms with E-state index in [-0.39, 0.29) is 54.9 Å². The summed E-state index contributed by atoms with van der Waals surface area (Å²) in [5.74, 6) is -1.16. The first-order valence-electron chi connectivity index (χ1n) is 15.7. The number of ether oxygens (including phenoxy) is 4. The van der Waals surface area contributed by atoms with E-state index in [0.29, 0.717) is 36.1 Å². The van der Waals surface area contributed by atoms with Crippen molar-refractivity contribution in [2.24, 2.45) is 0 Å². The van der Waals surface area contributed by atoms with Crippen LogP contribution in [0.25, 0.3) is 0 Å². The van der Waals surface area contributed by atoms with Crippen molar-refractivity contribution in [2.45, 2.75) is 46.1 Å². The Hall–Kier alpha value is -5.11. The molecular formula is C36H41N2O11+. The van der Waals surface area contributed by atoms with Gasteiger partial charge in [0.25, 0.3) is 5.91 Å². The fourth-order valence-corrected chi connectivity index (χ4v) is 5.70. The molecule has 2 N–H and O–H groups in total. The first-order chi connectivity index (χ1) is 23.4. The van der Waals surface area contributed by atoms with Gasteiger partial charge in [-0.2, -0.15) is 4.79 Å². The molecule has 3 aromatic rings. The zero-order chi connectivity index (χ0) is 35.7. The average molecular weight is 678 g/mol. The summed E-state index contributed by atoms with van der Waals surface area (Å²) in [5.41, 5.74) is 2.54. The number of carbonyl (C=O) groups is 5. The number of likely N-dealkylation sites (tertiary alicyclic amines) is 1. The van der Waals surface area contributed by atoms with Gasteiger partial charge < -0.3 is 29.4 Å². The SMILES string of the molecule is COCOc1ccc(C(C)=O)cc1C(=O)c1ccc(C(=O)O[N+]2(C(=O)O)CCCCC(NC(=O)c3cc(C)c(OCOC)c(C)c3)C2)cc1. The minimum Gasteiger partial charge on any atom is -0.467 e. The van der Waals surface area contributed by atoms with Gasteiger partial charge in [-0.1, -0.05) is 12.1 Å². The van der Waals surface area contributed by atoms with Crippen LogP contribution in [0.3, 0.4) is 0 Å². The number of benzene rings is 3. The van der Waals surface area contributed by atoms with E-state index >= 15 is 0 Å². The van der Waals surface area contributed by atoms with Crippen molar-refractivity contribution in [3.8, 4) is 11.5 Å². The van der Waals surface area contributed by atoms with Crippen LogP contribution >= 0.6 is 0 Å². The molecule has 260 valence electrons. The van der Waals surface area contributed by atoms with Gasteiger partial charge in [-0.05, 0) is 91.9 Å². The summed E-state index contributed by atoms with van der Waals surface area (Å²) < 4.78 is 20.0. The predicted octanol–water partition coefficient (Wildman–Crippen LogP) is 5.25. The lowest BCUT2D eigenvalue weighted by molar-refractivity contribution is -1.03. The topological polar surface area (TPSA) is 164 Å². The summed E-state index contributed by atoms with van der Waals surface area (Å²) in [5, 5.41) is 13.2. The number of amides is 2. The molecule has 1 heterocycles. The number of hydrogen-bond acceptors (Lipinski definition) is 10. The zero-order valence-corrected chi connectivity index (χ0v) is 28.2. The van der Waals surface area contributed by atoms with Crippen molar-refractivity contribution >= 4 is 29.5 Å². The number of aryl methyl sites for hydroxylation is 2. The summed E-state index contributed by atoms with van der Waals surface area (Å²) in [6.07, 6.45) is 0.161. The molecule has 0 spiro atoms. The fourth-order valence-electron chi connectivity index (χ4n) is 5.70. The van der Waals surface area contributed by atoms with Crippen LogP contribution in [0, 0.1) is 13.8 Å². The Morgan fingerprint density at radius 2 is 1.43 bits per heavy atom. The van der Waals surface area contributed by atoms with E-state index in [2.05, 4.69) is 5.32 Å². The largest absolute Gasteiger partial charge is 0.556 e. The van der Waals surface area contributed by atoms with Crippen molar-refractivity contribution in [2.75, 3.05) is 40.9 Å². The molecule has 1 saturated heterocycles. The van der Waals surface area contributed by atoms with Crippen LogP contribution in [-0.4, -0.2) is 86.2 Å². The number of ketones is 2. The maximum Gasteiger partial charge on any atom is 0.556 e. The van der Waals surface area contributed by atoms with E-state index < -0.39 is 34.4 Å². The van der Waals surface area contributed by atoms with E-state index in [9.17, 15) is 29.1 Å². The maximum absolute atomic E-state index is 13.4. The molecule has 1 aliphatic rings. The Kier molecular flexibility index (Phi) is 12.2. The zero-order valence-electron chi connectivity index (χ0n) is 28.2. The van der Waals surface area contributed by atoms with Gasteiger partial charge in [-0.25, -0.2) is 4.79 Å². The molecule has 0 aromatic heterocycles. The average Bonchev–Trinajstić information content (AvgIpc) is 3.29. The number of carboxylic acid groups (broad SMARTS) is 1. The van der Waals surface area contributed by atoms with E-state index in [1.807, 2.05) is 13.8 Å². The molecule has 0 saturated carbocycles. The minimum atomic E-state index is -1.37. The third kappa shape index (κ3) is 8.87. The number of nitrogens with zero attached hydrogens (tertiary/aromatic N) is 1. The van der Waals surface area contributed by atoms with Gasteiger partial charge in [0.15, 0.2) is 31.7 Å². The van der Waals surface area contributed by atoms with Crippen molar-refractivity contribution in [1.29, 1.82) is 0 Å². The molecule has 1 aliphatic heterocycles. The normalized spacial score (nSPS) is 17.4. The van der Waals surface area contributed by atoms with Gasteiger partial charge in [0, 0.05) is 37.3 Å². The molecular weight excluding hydrogens is 636 g/mol. The third-order valence-corrected chi connectivity index (χ3v) is 8.17. The van der Waals surface area contributed by atoms with Crippen LogP contribution in [0.5, 0.6) is 11.5 Å². The molecule has 0 bridgehead atoms. The molecule has 13 heteroatoms. The molecule has 1 fully saturated rings. The number of hydrogen-bond donors (Lipinski definition) is 2. The minimum absolute atomic E-state index is 0.00447. The number of methoxy groups -OCH3 is 2. The Morgan fingerprint density at radius 3 is 2.04 bits per heavy atom. The van der Waals surface area contributed by atoms with Crippen LogP contribution in [0.4, 0.5) is 4.79 Å². The highest BCUT2D eigenvalue weighted by Gasteiger charge is 2.46. The van der Waals surface area contributed by atoms with E-state index in [4.69, 9.17) is 23.8 Å². The molecule has 13 nitrogen and oxygen atoms in total.